The van der Waals surface area contributed by atoms with Crippen LogP contribution < -0.4 is 11.5 Å². The Kier molecular flexibility index (Phi) is 7.31. The highest BCUT2D eigenvalue weighted by atomic mass is 14.6. The summed E-state index contributed by atoms with van der Waals surface area (Å²) in [6, 6.07) is 30.7. The predicted molar refractivity (Wildman–Crippen MR) is 151 cm³/mol. The van der Waals surface area contributed by atoms with Gasteiger partial charge in [0.1, 0.15) is 0 Å². The summed E-state index contributed by atoms with van der Waals surface area (Å²) in [7, 11) is 0. The van der Waals surface area contributed by atoms with Crippen LogP contribution in [0.4, 0.5) is 11.4 Å². The van der Waals surface area contributed by atoms with Gasteiger partial charge in [0.25, 0.3) is 0 Å². The summed E-state index contributed by atoms with van der Waals surface area (Å²) in [6.45, 7) is 8.91. The second-order valence-electron chi connectivity index (χ2n) is 9.22. The molecule has 2 nitrogen and oxygen atoms in total. The van der Waals surface area contributed by atoms with Crippen LogP contribution in [0.1, 0.15) is 72.2 Å². The Hall–Kier alpha value is -3.52. The van der Waals surface area contributed by atoms with Crippen molar-refractivity contribution in [1.82, 2.24) is 0 Å². The van der Waals surface area contributed by atoms with E-state index in [2.05, 4.69) is 113 Å². The summed E-state index contributed by atoms with van der Waals surface area (Å²) in [5.41, 5.74) is 24.7. The van der Waals surface area contributed by atoms with Crippen LogP contribution in [-0.2, 0) is 31.1 Å². The van der Waals surface area contributed by atoms with Gasteiger partial charge in [0.15, 0.2) is 0 Å². The third kappa shape index (κ3) is 4.01. The van der Waals surface area contributed by atoms with Gasteiger partial charge >= 0.3 is 0 Å². The van der Waals surface area contributed by atoms with Gasteiger partial charge in [-0.05, 0) is 82.3 Å². The van der Waals surface area contributed by atoms with E-state index >= 15 is 0 Å². The van der Waals surface area contributed by atoms with Crippen LogP contribution in [0.5, 0.6) is 0 Å². The van der Waals surface area contributed by atoms with Gasteiger partial charge in [-0.1, -0.05) is 100 Å². The highest BCUT2D eigenvalue weighted by Crippen LogP contribution is 2.49. The number of nitrogens with two attached hydrogens (primary N) is 2. The van der Waals surface area contributed by atoms with Gasteiger partial charge in [0, 0.05) is 11.4 Å². The van der Waals surface area contributed by atoms with Gasteiger partial charge in [0.2, 0.25) is 0 Å². The van der Waals surface area contributed by atoms with Gasteiger partial charge in [-0.3, -0.25) is 0 Å². The lowest BCUT2D eigenvalue weighted by atomic mass is 9.61. The van der Waals surface area contributed by atoms with Gasteiger partial charge in [0.05, 0.1) is 5.41 Å². The lowest BCUT2D eigenvalue weighted by Crippen LogP contribution is -2.34. The molecule has 0 aliphatic carbocycles. The van der Waals surface area contributed by atoms with Crippen LogP contribution in [-0.4, -0.2) is 0 Å². The zero-order valence-electron chi connectivity index (χ0n) is 21.6. The highest BCUT2D eigenvalue weighted by molar-refractivity contribution is 5.69. The van der Waals surface area contributed by atoms with E-state index in [9.17, 15) is 0 Å². The number of hydrogen-bond donors (Lipinski definition) is 2. The molecule has 0 saturated heterocycles. The van der Waals surface area contributed by atoms with Crippen molar-refractivity contribution in [1.29, 1.82) is 0 Å². The van der Waals surface area contributed by atoms with E-state index in [-0.39, 0.29) is 0 Å². The van der Waals surface area contributed by atoms with Gasteiger partial charge in [-0.15, -0.1) is 0 Å². The zero-order valence-corrected chi connectivity index (χ0v) is 21.6. The van der Waals surface area contributed by atoms with Gasteiger partial charge in [-0.25, -0.2) is 0 Å². The number of hydrogen-bond acceptors (Lipinski definition) is 2. The highest BCUT2D eigenvalue weighted by Gasteiger charge is 2.42. The number of nitrogen functional groups attached to an aromatic ring is 2. The molecule has 4 aromatic rings. The van der Waals surface area contributed by atoms with Crippen molar-refractivity contribution in [2.24, 2.45) is 0 Å². The Morgan fingerprint density at radius 3 is 1.11 bits per heavy atom. The first-order chi connectivity index (χ1) is 17.0. The van der Waals surface area contributed by atoms with E-state index < -0.39 is 5.41 Å². The Bertz CT molecular complexity index is 1190. The minimum absolute atomic E-state index is 0.492. The maximum atomic E-state index is 6.54. The molecule has 0 unspecified atom stereocenters. The summed E-state index contributed by atoms with van der Waals surface area (Å²) >= 11 is 0. The lowest BCUT2D eigenvalue weighted by Gasteiger charge is -2.40. The first-order valence-electron chi connectivity index (χ1n) is 13.0. The quantitative estimate of drug-likeness (QED) is 0.211. The van der Waals surface area contributed by atoms with Crippen molar-refractivity contribution in [3.05, 3.63) is 129 Å². The van der Waals surface area contributed by atoms with Crippen molar-refractivity contribution < 1.29 is 0 Å². The van der Waals surface area contributed by atoms with E-state index in [1.165, 1.54) is 44.5 Å². The van der Waals surface area contributed by atoms with Crippen molar-refractivity contribution >= 4 is 11.4 Å². The second-order valence-corrected chi connectivity index (χ2v) is 9.22. The van der Waals surface area contributed by atoms with Gasteiger partial charge in [-0.2, -0.15) is 0 Å². The molecule has 35 heavy (non-hydrogen) atoms. The van der Waals surface area contributed by atoms with Crippen molar-refractivity contribution in [3.63, 3.8) is 0 Å². The third-order valence-corrected chi connectivity index (χ3v) is 7.57. The van der Waals surface area contributed by atoms with Crippen molar-refractivity contribution in [2.45, 2.75) is 58.8 Å². The molecule has 0 amide bonds. The molecule has 0 radical (unpaired) electrons. The van der Waals surface area contributed by atoms with E-state index in [0.717, 1.165) is 37.1 Å². The van der Waals surface area contributed by atoms with Crippen LogP contribution in [0.25, 0.3) is 0 Å². The third-order valence-electron chi connectivity index (χ3n) is 7.57. The minimum atomic E-state index is -0.492. The zero-order chi connectivity index (χ0) is 25.0. The average molecular weight is 463 g/mol. The molecule has 0 saturated carbocycles. The van der Waals surface area contributed by atoms with E-state index in [0.29, 0.717) is 0 Å². The molecule has 4 N–H and O–H groups in total. The van der Waals surface area contributed by atoms with Crippen molar-refractivity contribution in [2.75, 3.05) is 11.5 Å². The fourth-order valence-corrected chi connectivity index (χ4v) is 6.08. The molecule has 0 aliphatic heterocycles. The normalized spacial score (nSPS) is 11.5. The SMILES string of the molecule is CCc1c(N)ccc(C(c2ccccc2)(c2ccccc2)c2ccc(N)c(CC)c2CC)c1CC. The lowest BCUT2D eigenvalue weighted by molar-refractivity contribution is 0.715. The fourth-order valence-electron chi connectivity index (χ4n) is 6.08. The molecule has 0 spiro atoms. The molecule has 0 aliphatic rings. The number of rotatable bonds is 8. The summed E-state index contributed by atoms with van der Waals surface area (Å²) in [5, 5.41) is 0. The van der Waals surface area contributed by atoms with Crippen LogP contribution in [0.2, 0.25) is 0 Å². The minimum Gasteiger partial charge on any atom is -0.398 e. The molecule has 2 heteroatoms. The second kappa shape index (κ2) is 10.4. The molecular weight excluding hydrogens is 424 g/mol. The smallest absolute Gasteiger partial charge is 0.0707 e. The maximum Gasteiger partial charge on any atom is 0.0707 e. The Balaban J connectivity index is 2.29. The first kappa shape index (κ1) is 24.6. The Morgan fingerprint density at radius 2 is 0.800 bits per heavy atom. The number of benzene rings is 4. The topological polar surface area (TPSA) is 52.0 Å². The van der Waals surface area contributed by atoms with Crippen LogP contribution in [0.15, 0.2) is 84.9 Å². The average Bonchev–Trinajstić information content (AvgIpc) is 2.91. The van der Waals surface area contributed by atoms with Crippen LogP contribution >= 0.6 is 0 Å². The standard InChI is InChI=1S/C33H38N2/c1-5-25-27(7-3)31(34)21-19-29(25)33(23-15-11-9-12-16-23,24-17-13-10-14-18-24)30-20-22-32(35)28(8-4)26(30)6-2/h9-22H,5-8,34-35H2,1-4H3. The summed E-state index contributed by atoms with van der Waals surface area (Å²) in [4.78, 5) is 0. The Labute approximate surface area is 211 Å². The first-order valence-corrected chi connectivity index (χ1v) is 13.0. The molecule has 0 aromatic heterocycles. The van der Waals surface area contributed by atoms with Crippen molar-refractivity contribution in [3.8, 4) is 0 Å². The summed E-state index contributed by atoms with van der Waals surface area (Å²) in [6.07, 6.45) is 3.65. The molecule has 180 valence electrons. The van der Waals surface area contributed by atoms with Crippen LogP contribution in [0, 0.1) is 0 Å². The molecule has 0 bridgehead atoms. The monoisotopic (exact) mass is 462 g/mol. The van der Waals surface area contributed by atoms with Gasteiger partial charge < -0.3 is 11.5 Å². The molecule has 0 heterocycles. The maximum absolute atomic E-state index is 6.54. The fraction of sp³-hybridized carbons (Fsp3) is 0.273. The predicted octanol–water partition coefficient (Wildman–Crippen LogP) is 7.48. The summed E-state index contributed by atoms with van der Waals surface area (Å²) in [5.74, 6) is 0. The van der Waals surface area contributed by atoms with Crippen LogP contribution in [0.3, 0.4) is 0 Å². The van der Waals surface area contributed by atoms with E-state index in [1.54, 1.807) is 0 Å². The molecule has 0 fully saturated rings. The molecule has 4 rings (SSSR count). The molecule has 0 atom stereocenters. The largest absolute Gasteiger partial charge is 0.398 e. The number of anilines is 2. The summed E-state index contributed by atoms with van der Waals surface area (Å²) < 4.78 is 0. The Morgan fingerprint density at radius 1 is 0.457 bits per heavy atom. The van der Waals surface area contributed by atoms with E-state index in [4.69, 9.17) is 11.5 Å². The van der Waals surface area contributed by atoms with E-state index in [1.807, 2.05) is 0 Å². The molecular formula is C33H38N2. The molecule has 4 aromatic carbocycles.